The van der Waals surface area contributed by atoms with Crippen LogP contribution in [0.25, 0.3) is 0 Å². The number of unbranched alkanes of at least 4 members (excludes halogenated alkanes) is 2. The van der Waals surface area contributed by atoms with Crippen LogP contribution in [0.15, 0.2) is 0 Å². The van der Waals surface area contributed by atoms with E-state index in [1.54, 1.807) is 6.42 Å². The zero-order chi connectivity index (χ0) is 18.8. The Bertz CT molecular complexity index is 320. The van der Waals surface area contributed by atoms with Crippen molar-refractivity contribution < 1.29 is 0 Å². The van der Waals surface area contributed by atoms with Crippen LogP contribution < -0.4 is 0 Å². The average molecular weight is 351 g/mol. The monoisotopic (exact) mass is 350 g/mol. The minimum atomic E-state index is 0.885. The van der Waals surface area contributed by atoms with E-state index in [1.165, 1.54) is 64.2 Å². The Labute approximate surface area is 160 Å². The van der Waals surface area contributed by atoms with Crippen molar-refractivity contribution in [3.8, 4) is 0 Å². The molecule has 0 saturated heterocycles. The minimum absolute atomic E-state index is 0.885. The summed E-state index contributed by atoms with van der Waals surface area (Å²) in [5.41, 5.74) is 0. The molecular formula is C25H50. The van der Waals surface area contributed by atoms with Gasteiger partial charge >= 0.3 is 0 Å². The van der Waals surface area contributed by atoms with Gasteiger partial charge in [0.05, 0.1) is 0 Å². The molecule has 0 aromatic heterocycles. The highest BCUT2D eigenvalue weighted by atomic mass is 14.5. The van der Waals surface area contributed by atoms with E-state index >= 15 is 0 Å². The van der Waals surface area contributed by atoms with Crippen LogP contribution in [0.1, 0.15) is 119 Å². The van der Waals surface area contributed by atoms with Gasteiger partial charge in [-0.3, -0.25) is 0 Å². The molecular weight excluding hydrogens is 300 g/mol. The first-order chi connectivity index (χ1) is 12.0. The molecule has 1 aliphatic rings. The second kappa shape index (κ2) is 12.4. The van der Waals surface area contributed by atoms with Crippen molar-refractivity contribution in [3.05, 3.63) is 0 Å². The van der Waals surface area contributed by atoms with E-state index in [0.717, 1.165) is 41.4 Å². The molecule has 0 heterocycles. The number of hydrogen-bond acceptors (Lipinski definition) is 0. The molecule has 0 nitrogen and oxygen atoms in total. The first-order valence-corrected chi connectivity index (χ1v) is 12.0. The van der Waals surface area contributed by atoms with Crippen LogP contribution in [-0.4, -0.2) is 0 Å². The predicted octanol–water partition coefficient (Wildman–Crippen LogP) is 8.74. The summed E-state index contributed by atoms with van der Waals surface area (Å²) in [5, 5.41) is 0. The minimum Gasteiger partial charge on any atom is -0.0654 e. The van der Waals surface area contributed by atoms with Gasteiger partial charge in [0.2, 0.25) is 0 Å². The highest BCUT2D eigenvalue weighted by molar-refractivity contribution is 4.94. The summed E-state index contributed by atoms with van der Waals surface area (Å²) in [5.74, 6) is 6.80. The molecule has 0 aromatic rings. The van der Waals surface area contributed by atoms with E-state index in [4.69, 9.17) is 0 Å². The lowest BCUT2D eigenvalue weighted by atomic mass is 9.73. The van der Waals surface area contributed by atoms with Crippen molar-refractivity contribution in [1.82, 2.24) is 0 Å². The fraction of sp³-hybridized carbons (Fsp3) is 1.00. The molecule has 1 saturated carbocycles. The largest absolute Gasteiger partial charge is 0.0654 e. The van der Waals surface area contributed by atoms with Crippen LogP contribution in [0.3, 0.4) is 0 Å². The lowest BCUT2D eigenvalue weighted by Gasteiger charge is -2.33. The summed E-state index contributed by atoms with van der Waals surface area (Å²) >= 11 is 0. The van der Waals surface area contributed by atoms with E-state index in [2.05, 4.69) is 48.5 Å². The molecule has 0 amide bonds. The molecule has 1 fully saturated rings. The Morgan fingerprint density at radius 3 is 2.04 bits per heavy atom. The summed E-state index contributed by atoms with van der Waals surface area (Å²) in [4.78, 5) is 0. The van der Waals surface area contributed by atoms with Crippen LogP contribution in [-0.2, 0) is 0 Å². The third-order valence-corrected chi connectivity index (χ3v) is 7.77. The molecule has 150 valence electrons. The van der Waals surface area contributed by atoms with Gasteiger partial charge in [0.25, 0.3) is 0 Å². The maximum absolute atomic E-state index is 2.57. The van der Waals surface area contributed by atoms with Gasteiger partial charge in [-0.2, -0.15) is 0 Å². The second-order valence-electron chi connectivity index (χ2n) is 9.75. The van der Waals surface area contributed by atoms with Crippen molar-refractivity contribution >= 4 is 0 Å². The third-order valence-electron chi connectivity index (χ3n) is 7.77. The molecule has 0 spiro atoms. The van der Waals surface area contributed by atoms with Gasteiger partial charge in [-0.25, -0.2) is 0 Å². The predicted molar refractivity (Wildman–Crippen MR) is 115 cm³/mol. The standard InChI is InChI=1S/C25H50/c1-8-11-15-19(4)16-12-13-17-23-18-25(23)24(14-9-2)22(7)21(6)20(5)10-3/h19-25H,8-18H2,1-7H3. The van der Waals surface area contributed by atoms with Gasteiger partial charge in [-0.1, -0.05) is 113 Å². The van der Waals surface area contributed by atoms with Crippen molar-refractivity contribution in [3.63, 3.8) is 0 Å². The molecule has 25 heavy (non-hydrogen) atoms. The molecule has 1 rings (SSSR count). The quantitative estimate of drug-likeness (QED) is 0.259. The Morgan fingerprint density at radius 2 is 1.44 bits per heavy atom. The maximum Gasteiger partial charge on any atom is -0.0352 e. The fourth-order valence-corrected chi connectivity index (χ4v) is 5.20. The summed E-state index contributed by atoms with van der Waals surface area (Å²) in [6, 6.07) is 0. The zero-order valence-corrected chi connectivity index (χ0v) is 18.8. The number of hydrogen-bond donors (Lipinski definition) is 0. The van der Waals surface area contributed by atoms with Crippen LogP contribution in [0, 0.1) is 41.4 Å². The SMILES string of the molecule is CCCCC(C)CCCCC1CC1C(CCC)C(C)C(C)C(C)CC. The molecule has 0 heteroatoms. The van der Waals surface area contributed by atoms with Gasteiger partial charge in [-0.05, 0) is 47.8 Å². The summed E-state index contributed by atoms with van der Waals surface area (Å²) in [6.45, 7) is 17.1. The van der Waals surface area contributed by atoms with Crippen molar-refractivity contribution in [2.75, 3.05) is 0 Å². The van der Waals surface area contributed by atoms with Gasteiger partial charge < -0.3 is 0 Å². The Morgan fingerprint density at radius 1 is 0.760 bits per heavy atom. The van der Waals surface area contributed by atoms with E-state index in [9.17, 15) is 0 Å². The topological polar surface area (TPSA) is 0 Å². The molecule has 7 atom stereocenters. The summed E-state index contributed by atoms with van der Waals surface area (Å²) in [6.07, 6.45) is 15.9. The maximum atomic E-state index is 2.57. The lowest BCUT2D eigenvalue weighted by Crippen LogP contribution is -2.25. The average Bonchev–Trinajstić information content (AvgIpc) is 3.38. The van der Waals surface area contributed by atoms with Gasteiger partial charge in [-0.15, -0.1) is 0 Å². The first-order valence-electron chi connectivity index (χ1n) is 12.0. The van der Waals surface area contributed by atoms with Crippen molar-refractivity contribution in [1.29, 1.82) is 0 Å². The Kier molecular flexibility index (Phi) is 11.4. The van der Waals surface area contributed by atoms with Crippen molar-refractivity contribution in [2.45, 2.75) is 119 Å². The lowest BCUT2D eigenvalue weighted by molar-refractivity contribution is 0.165. The van der Waals surface area contributed by atoms with E-state index in [1.807, 2.05) is 0 Å². The van der Waals surface area contributed by atoms with Crippen LogP contribution >= 0.6 is 0 Å². The summed E-state index contributed by atoms with van der Waals surface area (Å²) < 4.78 is 0. The molecule has 0 N–H and O–H groups in total. The summed E-state index contributed by atoms with van der Waals surface area (Å²) in [7, 11) is 0. The Hall–Kier alpha value is 0. The van der Waals surface area contributed by atoms with E-state index < -0.39 is 0 Å². The van der Waals surface area contributed by atoms with Gasteiger partial charge in [0.1, 0.15) is 0 Å². The van der Waals surface area contributed by atoms with Crippen molar-refractivity contribution in [2.24, 2.45) is 41.4 Å². The van der Waals surface area contributed by atoms with Crippen LogP contribution in [0.4, 0.5) is 0 Å². The van der Waals surface area contributed by atoms with Crippen LogP contribution in [0.5, 0.6) is 0 Å². The van der Waals surface area contributed by atoms with E-state index in [-0.39, 0.29) is 0 Å². The first kappa shape index (κ1) is 23.0. The molecule has 0 bridgehead atoms. The van der Waals surface area contributed by atoms with Gasteiger partial charge in [0, 0.05) is 0 Å². The molecule has 0 aliphatic heterocycles. The second-order valence-corrected chi connectivity index (χ2v) is 9.75. The highest BCUT2D eigenvalue weighted by Gasteiger charge is 2.44. The fourth-order valence-electron chi connectivity index (χ4n) is 5.20. The molecule has 1 aliphatic carbocycles. The smallest absolute Gasteiger partial charge is 0.0352 e. The number of rotatable bonds is 15. The molecule has 0 radical (unpaired) electrons. The van der Waals surface area contributed by atoms with E-state index in [0.29, 0.717) is 0 Å². The highest BCUT2D eigenvalue weighted by Crippen LogP contribution is 2.53. The Balaban J connectivity index is 2.32. The molecule has 0 aromatic carbocycles. The normalized spacial score (nSPS) is 26.0. The molecule has 7 unspecified atom stereocenters. The van der Waals surface area contributed by atoms with Crippen LogP contribution in [0.2, 0.25) is 0 Å². The van der Waals surface area contributed by atoms with Gasteiger partial charge in [0.15, 0.2) is 0 Å². The zero-order valence-electron chi connectivity index (χ0n) is 18.8. The third kappa shape index (κ3) is 8.04.